The Morgan fingerprint density at radius 1 is 1.00 bits per heavy atom. The number of hydrogen-bond donors (Lipinski definition) is 1. The minimum absolute atomic E-state index is 0.685. The summed E-state index contributed by atoms with van der Waals surface area (Å²) in [6.45, 7) is 2.84. The molecule has 3 nitrogen and oxygen atoms in total. The molecule has 1 atom stereocenters. The minimum Gasteiger partial charge on any atom is -0.380 e. The average Bonchev–Trinajstić information content (AvgIpc) is 3.04. The third-order valence-electron chi connectivity index (χ3n) is 3.67. The summed E-state index contributed by atoms with van der Waals surface area (Å²) in [7, 11) is 0. The van der Waals surface area contributed by atoms with Gasteiger partial charge in [-0.15, -0.1) is 0 Å². The fourth-order valence-electron chi connectivity index (χ4n) is 2.47. The second kappa shape index (κ2) is 5.94. The highest BCUT2D eigenvalue weighted by atomic mass is 16.3. The molecule has 0 aliphatic rings. The first-order valence-electron chi connectivity index (χ1n) is 7.14. The molecule has 1 aromatic heterocycles. The molecule has 3 aromatic rings. The summed E-state index contributed by atoms with van der Waals surface area (Å²) in [5, 5.41) is 10.5. The van der Waals surface area contributed by atoms with E-state index >= 15 is 0 Å². The molecule has 1 N–H and O–H groups in total. The topological polar surface area (TPSA) is 38.0 Å². The van der Waals surface area contributed by atoms with Crippen LogP contribution in [0.2, 0.25) is 0 Å². The molecule has 106 valence electrons. The van der Waals surface area contributed by atoms with Crippen molar-refractivity contribution in [1.82, 2.24) is 9.55 Å². The molecule has 0 amide bonds. The lowest BCUT2D eigenvalue weighted by molar-refractivity contribution is 0.205. The zero-order chi connectivity index (χ0) is 14.7. The van der Waals surface area contributed by atoms with Crippen molar-refractivity contribution in [2.75, 3.05) is 0 Å². The smallest absolute Gasteiger partial charge is 0.142 e. The molecular weight excluding hydrogens is 260 g/mol. The average molecular weight is 278 g/mol. The molecule has 3 heteroatoms. The number of benzene rings is 2. The fourth-order valence-corrected chi connectivity index (χ4v) is 2.47. The van der Waals surface area contributed by atoms with E-state index in [9.17, 15) is 5.11 Å². The second-order valence-corrected chi connectivity index (χ2v) is 4.96. The van der Waals surface area contributed by atoms with Gasteiger partial charge in [0.2, 0.25) is 0 Å². The van der Waals surface area contributed by atoms with Crippen molar-refractivity contribution in [3.63, 3.8) is 0 Å². The first kappa shape index (κ1) is 13.6. The first-order valence-corrected chi connectivity index (χ1v) is 7.14. The molecule has 1 unspecified atom stereocenters. The van der Waals surface area contributed by atoms with Crippen LogP contribution < -0.4 is 0 Å². The summed E-state index contributed by atoms with van der Waals surface area (Å²) in [5.74, 6) is 0.685. The van der Waals surface area contributed by atoms with Crippen LogP contribution in [0.3, 0.4) is 0 Å². The van der Waals surface area contributed by atoms with E-state index in [0.717, 1.165) is 17.7 Å². The summed E-state index contributed by atoms with van der Waals surface area (Å²) in [5.41, 5.74) is 3.18. The van der Waals surface area contributed by atoms with Crippen LogP contribution in [-0.4, -0.2) is 14.7 Å². The molecule has 0 fully saturated rings. The molecule has 2 aromatic carbocycles. The van der Waals surface area contributed by atoms with Crippen molar-refractivity contribution in [3.8, 4) is 11.1 Å². The highest BCUT2D eigenvalue weighted by molar-refractivity contribution is 5.63. The fraction of sp³-hybridized carbons (Fsp3) is 0.167. The molecule has 0 radical (unpaired) electrons. The van der Waals surface area contributed by atoms with E-state index in [-0.39, 0.29) is 0 Å². The number of hydrogen-bond acceptors (Lipinski definition) is 2. The van der Waals surface area contributed by atoms with Crippen LogP contribution >= 0.6 is 0 Å². The van der Waals surface area contributed by atoms with E-state index in [4.69, 9.17) is 0 Å². The second-order valence-electron chi connectivity index (χ2n) is 4.96. The Labute approximate surface area is 124 Å². The van der Waals surface area contributed by atoms with Crippen LogP contribution in [0.4, 0.5) is 0 Å². The largest absolute Gasteiger partial charge is 0.380 e. The van der Waals surface area contributed by atoms with E-state index in [1.807, 2.05) is 60.2 Å². The number of aromatic nitrogens is 2. The lowest BCUT2D eigenvalue weighted by Gasteiger charge is -2.13. The molecule has 1 heterocycles. The van der Waals surface area contributed by atoms with Crippen LogP contribution in [-0.2, 0) is 6.54 Å². The minimum atomic E-state index is -0.690. The van der Waals surface area contributed by atoms with Crippen LogP contribution in [0.25, 0.3) is 11.1 Å². The molecular formula is C18H18N2O. The third-order valence-corrected chi connectivity index (χ3v) is 3.67. The summed E-state index contributed by atoms with van der Waals surface area (Å²) in [6.07, 6.45) is 2.92. The number of imidazole rings is 1. The van der Waals surface area contributed by atoms with Gasteiger partial charge in [0, 0.05) is 18.9 Å². The Kier molecular flexibility index (Phi) is 3.84. The van der Waals surface area contributed by atoms with Crippen LogP contribution in [0.5, 0.6) is 0 Å². The zero-order valence-electron chi connectivity index (χ0n) is 12.0. The Bertz CT molecular complexity index is 702. The van der Waals surface area contributed by atoms with E-state index in [1.54, 1.807) is 6.20 Å². The SMILES string of the molecule is CCn1ccnc1C(O)c1ccc(-c2ccccc2)cc1. The van der Waals surface area contributed by atoms with Gasteiger partial charge in [-0.25, -0.2) is 4.98 Å². The van der Waals surface area contributed by atoms with Crippen molar-refractivity contribution >= 4 is 0 Å². The number of aryl methyl sites for hydroxylation is 1. The summed E-state index contributed by atoms with van der Waals surface area (Å²) in [6, 6.07) is 18.2. The number of rotatable bonds is 4. The van der Waals surface area contributed by atoms with E-state index in [1.165, 1.54) is 5.56 Å². The number of aliphatic hydroxyl groups is 1. The lowest BCUT2D eigenvalue weighted by atomic mass is 10.0. The van der Waals surface area contributed by atoms with Crippen molar-refractivity contribution in [2.24, 2.45) is 0 Å². The van der Waals surface area contributed by atoms with Gasteiger partial charge in [0.1, 0.15) is 11.9 Å². The van der Waals surface area contributed by atoms with E-state index in [0.29, 0.717) is 5.82 Å². The van der Waals surface area contributed by atoms with Gasteiger partial charge in [-0.2, -0.15) is 0 Å². The van der Waals surface area contributed by atoms with Crippen LogP contribution in [0.1, 0.15) is 24.4 Å². The molecule has 0 aliphatic carbocycles. The van der Waals surface area contributed by atoms with E-state index < -0.39 is 6.10 Å². The van der Waals surface area contributed by atoms with Gasteiger partial charge in [-0.05, 0) is 23.6 Å². The normalized spacial score (nSPS) is 12.3. The van der Waals surface area contributed by atoms with Gasteiger partial charge in [-0.1, -0.05) is 54.6 Å². The molecule has 0 aliphatic heterocycles. The zero-order valence-corrected chi connectivity index (χ0v) is 12.0. The van der Waals surface area contributed by atoms with Gasteiger partial charge < -0.3 is 9.67 Å². The summed E-state index contributed by atoms with van der Waals surface area (Å²) >= 11 is 0. The van der Waals surface area contributed by atoms with Crippen LogP contribution in [0.15, 0.2) is 67.0 Å². The van der Waals surface area contributed by atoms with Crippen molar-refractivity contribution in [2.45, 2.75) is 19.6 Å². The molecule has 0 saturated heterocycles. The monoisotopic (exact) mass is 278 g/mol. The Hall–Kier alpha value is -2.39. The number of nitrogens with zero attached hydrogens (tertiary/aromatic N) is 2. The highest BCUT2D eigenvalue weighted by Crippen LogP contribution is 2.24. The maximum absolute atomic E-state index is 10.5. The van der Waals surface area contributed by atoms with Crippen molar-refractivity contribution in [3.05, 3.63) is 78.4 Å². The van der Waals surface area contributed by atoms with Gasteiger partial charge in [-0.3, -0.25) is 0 Å². The van der Waals surface area contributed by atoms with E-state index in [2.05, 4.69) is 17.1 Å². The predicted molar refractivity (Wildman–Crippen MR) is 83.8 cm³/mol. The standard InChI is InChI=1S/C18H18N2O/c1-2-20-13-12-19-18(20)17(21)16-10-8-15(9-11-16)14-6-4-3-5-7-14/h3-13,17,21H,2H2,1H3. The first-order chi connectivity index (χ1) is 10.3. The maximum atomic E-state index is 10.5. The Morgan fingerprint density at radius 3 is 2.33 bits per heavy atom. The third kappa shape index (κ3) is 2.73. The quantitative estimate of drug-likeness (QED) is 0.791. The van der Waals surface area contributed by atoms with Gasteiger partial charge in [0.25, 0.3) is 0 Å². The Balaban J connectivity index is 1.87. The maximum Gasteiger partial charge on any atom is 0.142 e. The van der Waals surface area contributed by atoms with Crippen LogP contribution in [0, 0.1) is 0 Å². The molecule has 0 bridgehead atoms. The summed E-state index contributed by atoms with van der Waals surface area (Å²) < 4.78 is 1.95. The van der Waals surface area contributed by atoms with Crippen molar-refractivity contribution in [1.29, 1.82) is 0 Å². The molecule has 0 saturated carbocycles. The Morgan fingerprint density at radius 2 is 1.67 bits per heavy atom. The molecule has 3 rings (SSSR count). The predicted octanol–water partition coefficient (Wildman–Crippen LogP) is 3.65. The van der Waals surface area contributed by atoms with Gasteiger partial charge in [0.05, 0.1) is 0 Å². The van der Waals surface area contributed by atoms with Gasteiger partial charge >= 0.3 is 0 Å². The summed E-state index contributed by atoms with van der Waals surface area (Å²) in [4.78, 5) is 4.26. The molecule has 0 spiro atoms. The van der Waals surface area contributed by atoms with Crippen molar-refractivity contribution < 1.29 is 5.11 Å². The highest BCUT2D eigenvalue weighted by Gasteiger charge is 2.15. The lowest BCUT2D eigenvalue weighted by Crippen LogP contribution is -2.08. The number of aliphatic hydroxyl groups excluding tert-OH is 1. The molecule has 21 heavy (non-hydrogen) atoms. The van der Waals surface area contributed by atoms with Gasteiger partial charge in [0.15, 0.2) is 0 Å².